The van der Waals surface area contributed by atoms with Crippen molar-refractivity contribution in [2.24, 2.45) is 5.10 Å². The summed E-state index contributed by atoms with van der Waals surface area (Å²) in [6, 6.07) is 15.9. The summed E-state index contributed by atoms with van der Waals surface area (Å²) in [6.45, 7) is 3.89. The highest BCUT2D eigenvalue weighted by Gasteiger charge is 2.18. The third-order valence-electron chi connectivity index (χ3n) is 4.85. The number of rotatable bonds is 6. The number of hydrogen-bond acceptors (Lipinski definition) is 7. The van der Waals surface area contributed by atoms with E-state index in [-0.39, 0.29) is 23.0 Å². The summed E-state index contributed by atoms with van der Waals surface area (Å²) in [5.41, 5.74) is 4.40. The number of phenols is 1. The number of thiophene rings is 1. The van der Waals surface area contributed by atoms with Gasteiger partial charge in [-0.3, -0.25) is 14.2 Å². The Bertz CT molecular complexity index is 1380. The Morgan fingerprint density at radius 1 is 1.19 bits per heavy atom. The third kappa shape index (κ3) is 4.44. The van der Waals surface area contributed by atoms with E-state index in [0.29, 0.717) is 26.6 Å². The summed E-state index contributed by atoms with van der Waals surface area (Å²) in [4.78, 5) is 32.1. The van der Waals surface area contributed by atoms with Gasteiger partial charge in [-0.05, 0) is 43.7 Å². The molecule has 9 heteroatoms. The lowest BCUT2D eigenvalue weighted by molar-refractivity contribution is -0.118. The van der Waals surface area contributed by atoms with Crippen LogP contribution in [0.25, 0.3) is 15.9 Å². The highest BCUT2D eigenvalue weighted by atomic mass is 32.2. The molecular formula is C23H20N4O3S2. The molecule has 0 saturated heterocycles. The SMILES string of the molecule is Cc1sc2nc(SCC(=O)NN=Cc3ccccc3O)n(-c3ccccc3)c(=O)c2c1C. The molecule has 0 aliphatic rings. The van der Waals surface area contributed by atoms with E-state index in [4.69, 9.17) is 4.98 Å². The van der Waals surface area contributed by atoms with Gasteiger partial charge in [0.15, 0.2) is 5.16 Å². The Balaban J connectivity index is 1.59. The van der Waals surface area contributed by atoms with Crippen molar-refractivity contribution >= 4 is 45.4 Å². The average molecular weight is 465 g/mol. The zero-order valence-electron chi connectivity index (χ0n) is 17.4. The molecule has 2 aromatic carbocycles. The van der Waals surface area contributed by atoms with Crippen molar-refractivity contribution in [3.05, 3.63) is 81.0 Å². The predicted octanol–water partition coefficient (Wildman–Crippen LogP) is 4.01. The minimum atomic E-state index is -0.353. The van der Waals surface area contributed by atoms with Crippen molar-refractivity contribution in [1.29, 1.82) is 0 Å². The molecule has 0 atom stereocenters. The first kappa shape index (κ1) is 21.8. The van der Waals surface area contributed by atoms with Crippen LogP contribution in [0.5, 0.6) is 5.75 Å². The second-order valence-electron chi connectivity index (χ2n) is 6.97. The van der Waals surface area contributed by atoms with Crippen LogP contribution in [0, 0.1) is 13.8 Å². The number of aromatic hydroxyl groups is 1. The maximum Gasteiger partial charge on any atom is 0.267 e. The number of benzene rings is 2. The highest BCUT2D eigenvalue weighted by Crippen LogP contribution is 2.29. The lowest BCUT2D eigenvalue weighted by Gasteiger charge is -2.12. The number of aromatic nitrogens is 2. The van der Waals surface area contributed by atoms with E-state index < -0.39 is 0 Å². The molecule has 0 bridgehead atoms. The first-order valence-electron chi connectivity index (χ1n) is 9.76. The van der Waals surface area contributed by atoms with Crippen LogP contribution >= 0.6 is 23.1 Å². The van der Waals surface area contributed by atoms with E-state index >= 15 is 0 Å². The molecule has 7 nitrogen and oxygen atoms in total. The second kappa shape index (κ2) is 9.37. The summed E-state index contributed by atoms with van der Waals surface area (Å²) < 4.78 is 1.55. The van der Waals surface area contributed by atoms with E-state index in [9.17, 15) is 14.7 Å². The number of hydrogen-bond donors (Lipinski definition) is 2. The molecule has 162 valence electrons. The van der Waals surface area contributed by atoms with Gasteiger partial charge in [-0.1, -0.05) is 42.1 Å². The van der Waals surface area contributed by atoms with Gasteiger partial charge in [0.25, 0.3) is 11.5 Å². The molecule has 4 rings (SSSR count). The molecule has 0 saturated carbocycles. The summed E-state index contributed by atoms with van der Waals surface area (Å²) in [5.74, 6) is -0.258. The summed E-state index contributed by atoms with van der Waals surface area (Å²) in [5, 5.41) is 14.7. The van der Waals surface area contributed by atoms with Crippen LogP contribution in [0.3, 0.4) is 0 Å². The molecule has 2 aromatic heterocycles. The van der Waals surface area contributed by atoms with Crippen LogP contribution < -0.4 is 11.0 Å². The Labute approximate surface area is 192 Å². The van der Waals surface area contributed by atoms with Gasteiger partial charge in [0.1, 0.15) is 10.6 Å². The number of aryl methyl sites for hydroxylation is 2. The molecule has 32 heavy (non-hydrogen) atoms. The van der Waals surface area contributed by atoms with E-state index in [1.807, 2.05) is 44.2 Å². The topological polar surface area (TPSA) is 96.6 Å². The summed E-state index contributed by atoms with van der Waals surface area (Å²) in [7, 11) is 0. The van der Waals surface area contributed by atoms with E-state index in [0.717, 1.165) is 10.4 Å². The zero-order valence-corrected chi connectivity index (χ0v) is 19.0. The van der Waals surface area contributed by atoms with Gasteiger partial charge in [-0.2, -0.15) is 5.10 Å². The van der Waals surface area contributed by atoms with Crippen molar-refractivity contribution in [1.82, 2.24) is 15.0 Å². The van der Waals surface area contributed by atoms with Crippen LogP contribution in [0.1, 0.15) is 16.0 Å². The minimum absolute atomic E-state index is 0.0201. The molecule has 0 unspecified atom stereocenters. The van der Waals surface area contributed by atoms with Crippen LogP contribution in [0.4, 0.5) is 0 Å². The molecule has 0 aliphatic carbocycles. The fourth-order valence-electron chi connectivity index (χ4n) is 3.11. The first-order valence-corrected chi connectivity index (χ1v) is 11.6. The Hall–Kier alpha value is -3.43. The number of carbonyl (C=O) groups excluding carboxylic acids is 1. The van der Waals surface area contributed by atoms with Gasteiger partial charge in [-0.25, -0.2) is 10.4 Å². The molecule has 0 aliphatic heterocycles. The monoisotopic (exact) mass is 464 g/mol. The smallest absolute Gasteiger partial charge is 0.267 e. The lowest BCUT2D eigenvalue weighted by Crippen LogP contribution is -2.24. The van der Waals surface area contributed by atoms with E-state index in [1.165, 1.54) is 35.4 Å². The predicted molar refractivity (Wildman–Crippen MR) is 129 cm³/mol. The van der Waals surface area contributed by atoms with Crippen molar-refractivity contribution in [2.75, 3.05) is 5.75 Å². The van der Waals surface area contributed by atoms with E-state index in [2.05, 4.69) is 10.5 Å². The van der Waals surface area contributed by atoms with E-state index in [1.54, 1.807) is 22.8 Å². The molecule has 1 amide bonds. The Kier molecular flexibility index (Phi) is 6.38. The fraction of sp³-hybridized carbons (Fsp3) is 0.130. The third-order valence-corrected chi connectivity index (χ3v) is 6.89. The van der Waals surface area contributed by atoms with Crippen LogP contribution in [-0.4, -0.2) is 32.5 Å². The normalized spacial score (nSPS) is 11.3. The van der Waals surface area contributed by atoms with Gasteiger partial charge in [-0.15, -0.1) is 11.3 Å². The number of hydrazone groups is 1. The number of fused-ring (bicyclic) bond motifs is 1. The van der Waals surface area contributed by atoms with Crippen LogP contribution in [-0.2, 0) is 4.79 Å². The summed E-state index contributed by atoms with van der Waals surface area (Å²) >= 11 is 2.64. The number of para-hydroxylation sites is 2. The second-order valence-corrected chi connectivity index (χ2v) is 9.12. The molecule has 0 fully saturated rings. The number of carbonyl (C=O) groups is 1. The molecule has 2 N–H and O–H groups in total. The minimum Gasteiger partial charge on any atom is -0.507 e. The van der Waals surface area contributed by atoms with Crippen molar-refractivity contribution in [2.45, 2.75) is 19.0 Å². The Morgan fingerprint density at radius 2 is 1.91 bits per heavy atom. The standard InChI is InChI=1S/C23H20N4O3S2/c1-14-15(2)32-21-20(14)22(30)27(17-9-4-3-5-10-17)23(25-21)31-13-19(29)26-24-12-16-8-6-7-11-18(16)28/h3-12,28H,13H2,1-2H3,(H,26,29). The quantitative estimate of drug-likeness (QED) is 0.195. The first-order chi connectivity index (χ1) is 15.5. The van der Waals surface area contributed by atoms with Gasteiger partial charge in [0.05, 0.1) is 23.0 Å². The number of nitrogens with one attached hydrogen (secondary N) is 1. The summed E-state index contributed by atoms with van der Waals surface area (Å²) in [6.07, 6.45) is 1.37. The Morgan fingerprint density at radius 3 is 2.66 bits per heavy atom. The van der Waals surface area contributed by atoms with Crippen LogP contribution in [0.2, 0.25) is 0 Å². The fourth-order valence-corrected chi connectivity index (χ4v) is 4.99. The van der Waals surface area contributed by atoms with Gasteiger partial charge in [0.2, 0.25) is 0 Å². The molecule has 0 spiro atoms. The molecule has 4 aromatic rings. The largest absolute Gasteiger partial charge is 0.507 e. The molecule has 0 radical (unpaired) electrons. The average Bonchev–Trinajstić information content (AvgIpc) is 3.08. The number of phenolic OH excluding ortho intramolecular Hbond substituents is 1. The molecular weight excluding hydrogens is 444 g/mol. The lowest BCUT2D eigenvalue weighted by atomic mass is 10.2. The van der Waals surface area contributed by atoms with Crippen molar-refractivity contribution in [3.63, 3.8) is 0 Å². The van der Waals surface area contributed by atoms with Gasteiger partial charge < -0.3 is 5.11 Å². The van der Waals surface area contributed by atoms with Gasteiger partial charge >= 0.3 is 0 Å². The maximum absolute atomic E-state index is 13.4. The van der Waals surface area contributed by atoms with Crippen molar-refractivity contribution in [3.8, 4) is 11.4 Å². The van der Waals surface area contributed by atoms with Crippen LogP contribution in [0.15, 0.2) is 69.6 Å². The number of amides is 1. The van der Waals surface area contributed by atoms with Crippen molar-refractivity contribution < 1.29 is 9.90 Å². The van der Waals surface area contributed by atoms with Gasteiger partial charge in [0, 0.05) is 10.4 Å². The molecule has 2 heterocycles. The number of thioether (sulfide) groups is 1. The maximum atomic E-state index is 13.4. The zero-order chi connectivity index (χ0) is 22.7. The highest BCUT2D eigenvalue weighted by molar-refractivity contribution is 7.99. The number of nitrogens with zero attached hydrogens (tertiary/aromatic N) is 3.